The largest absolute Gasteiger partial charge is 0.480 e. The van der Waals surface area contributed by atoms with Gasteiger partial charge in [0.1, 0.15) is 11.4 Å². The number of carbonyl (C=O) groups excluding carboxylic acids is 1. The lowest BCUT2D eigenvalue weighted by molar-refractivity contribution is 0.0945. The van der Waals surface area contributed by atoms with Crippen molar-refractivity contribution in [2.75, 3.05) is 20.8 Å². The number of nitrogens with one attached hydrogen (secondary N) is 1. The molecule has 0 fully saturated rings. The number of aryl methyl sites for hydroxylation is 1. The molecule has 7 nitrogen and oxygen atoms in total. The predicted octanol–water partition coefficient (Wildman–Crippen LogP) is 1.23. The summed E-state index contributed by atoms with van der Waals surface area (Å²) in [5.41, 5.74) is 6.35. The Labute approximate surface area is 132 Å². The number of nitrogens with zero attached hydrogens (tertiary/aromatic N) is 2. The van der Waals surface area contributed by atoms with E-state index in [2.05, 4.69) is 15.3 Å². The SMILES string of the molecule is COCc1nc(OC)c2c(C)c(C(=O)N[C@@H](C)CN)sc2n1. The molecule has 22 heavy (non-hydrogen) atoms. The quantitative estimate of drug-likeness (QED) is 0.829. The van der Waals surface area contributed by atoms with Crippen molar-refractivity contribution < 1.29 is 14.3 Å². The van der Waals surface area contributed by atoms with Gasteiger partial charge in [0, 0.05) is 19.7 Å². The molecule has 8 heteroatoms. The van der Waals surface area contributed by atoms with Gasteiger partial charge < -0.3 is 20.5 Å². The Morgan fingerprint density at radius 2 is 2.14 bits per heavy atom. The van der Waals surface area contributed by atoms with E-state index in [4.69, 9.17) is 15.2 Å². The summed E-state index contributed by atoms with van der Waals surface area (Å²) in [5, 5.41) is 3.62. The summed E-state index contributed by atoms with van der Waals surface area (Å²) in [5.74, 6) is 0.820. The van der Waals surface area contributed by atoms with Gasteiger partial charge in [-0.05, 0) is 19.4 Å². The Morgan fingerprint density at radius 3 is 2.73 bits per heavy atom. The van der Waals surface area contributed by atoms with Gasteiger partial charge >= 0.3 is 0 Å². The number of hydrogen-bond donors (Lipinski definition) is 2. The summed E-state index contributed by atoms with van der Waals surface area (Å²) >= 11 is 1.31. The van der Waals surface area contributed by atoms with E-state index in [0.717, 1.165) is 10.9 Å². The van der Waals surface area contributed by atoms with Gasteiger partial charge in [0.2, 0.25) is 5.88 Å². The summed E-state index contributed by atoms with van der Waals surface area (Å²) in [6.45, 7) is 4.39. The van der Waals surface area contributed by atoms with Gasteiger partial charge in [0.15, 0.2) is 5.82 Å². The average Bonchev–Trinajstić information content (AvgIpc) is 2.84. The van der Waals surface area contributed by atoms with Crippen LogP contribution in [0.5, 0.6) is 5.88 Å². The number of hydrogen-bond acceptors (Lipinski definition) is 7. The number of carbonyl (C=O) groups is 1. The molecule has 0 aliphatic rings. The second kappa shape index (κ2) is 6.99. The predicted molar refractivity (Wildman–Crippen MR) is 85.4 cm³/mol. The van der Waals surface area contributed by atoms with Crippen LogP contribution in [-0.2, 0) is 11.3 Å². The minimum absolute atomic E-state index is 0.0888. The van der Waals surface area contributed by atoms with Gasteiger partial charge in [-0.25, -0.2) is 4.98 Å². The maximum absolute atomic E-state index is 12.3. The zero-order valence-corrected chi connectivity index (χ0v) is 13.9. The van der Waals surface area contributed by atoms with Crippen molar-refractivity contribution in [1.29, 1.82) is 0 Å². The van der Waals surface area contributed by atoms with Crippen molar-refractivity contribution in [3.05, 3.63) is 16.3 Å². The highest BCUT2D eigenvalue weighted by Crippen LogP contribution is 2.35. The standard InChI is InChI=1S/C14H20N4O3S/c1-7(5-15)16-12(19)11-8(2)10-13(21-4)17-9(6-20-3)18-14(10)22-11/h7H,5-6,15H2,1-4H3,(H,16,19)/t7-/m0/s1. The van der Waals surface area contributed by atoms with Crippen LogP contribution in [0.2, 0.25) is 0 Å². The zero-order chi connectivity index (χ0) is 16.3. The molecule has 0 aromatic carbocycles. The second-order valence-electron chi connectivity index (χ2n) is 4.93. The van der Waals surface area contributed by atoms with E-state index < -0.39 is 0 Å². The molecule has 0 aliphatic heterocycles. The topological polar surface area (TPSA) is 99.4 Å². The lowest BCUT2D eigenvalue weighted by Gasteiger charge is -2.10. The van der Waals surface area contributed by atoms with Crippen LogP contribution in [0.15, 0.2) is 0 Å². The maximum Gasteiger partial charge on any atom is 0.261 e. The third-order valence-corrected chi connectivity index (χ3v) is 4.39. The van der Waals surface area contributed by atoms with Crippen molar-refractivity contribution >= 4 is 27.5 Å². The zero-order valence-electron chi connectivity index (χ0n) is 13.1. The van der Waals surface area contributed by atoms with Crippen molar-refractivity contribution in [1.82, 2.24) is 15.3 Å². The number of rotatable bonds is 6. The minimum Gasteiger partial charge on any atom is -0.480 e. The van der Waals surface area contributed by atoms with Crippen molar-refractivity contribution in [2.45, 2.75) is 26.5 Å². The Balaban J connectivity index is 2.49. The molecule has 0 bridgehead atoms. The fraction of sp³-hybridized carbons (Fsp3) is 0.500. The van der Waals surface area contributed by atoms with Gasteiger partial charge in [-0.15, -0.1) is 11.3 Å². The van der Waals surface area contributed by atoms with Crippen LogP contribution in [0.4, 0.5) is 0 Å². The first-order chi connectivity index (χ1) is 10.5. The third kappa shape index (κ3) is 3.18. The van der Waals surface area contributed by atoms with Crippen LogP contribution in [-0.4, -0.2) is 42.7 Å². The van der Waals surface area contributed by atoms with Gasteiger partial charge in [0.25, 0.3) is 5.91 Å². The van der Waals surface area contributed by atoms with Crippen LogP contribution in [0.25, 0.3) is 10.2 Å². The monoisotopic (exact) mass is 324 g/mol. The summed E-state index contributed by atoms with van der Waals surface area (Å²) in [7, 11) is 3.12. The molecule has 0 unspecified atom stereocenters. The summed E-state index contributed by atoms with van der Waals surface area (Å²) < 4.78 is 10.4. The molecule has 1 atom stereocenters. The molecular weight excluding hydrogens is 304 g/mol. The smallest absolute Gasteiger partial charge is 0.261 e. The molecule has 0 saturated carbocycles. The number of ether oxygens (including phenoxy) is 2. The van der Waals surface area contributed by atoms with Crippen LogP contribution < -0.4 is 15.8 Å². The van der Waals surface area contributed by atoms with Crippen LogP contribution >= 0.6 is 11.3 Å². The summed E-state index contributed by atoms with van der Waals surface area (Å²) in [6, 6.07) is -0.0888. The Hall–Kier alpha value is -1.77. The number of aromatic nitrogens is 2. The molecule has 120 valence electrons. The highest BCUT2D eigenvalue weighted by Gasteiger charge is 2.21. The second-order valence-corrected chi connectivity index (χ2v) is 5.93. The molecule has 2 aromatic rings. The first kappa shape index (κ1) is 16.6. The Bertz CT molecular complexity index is 686. The van der Waals surface area contributed by atoms with Gasteiger partial charge in [-0.1, -0.05) is 0 Å². The molecule has 0 saturated heterocycles. The lowest BCUT2D eigenvalue weighted by atomic mass is 10.2. The van der Waals surface area contributed by atoms with E-state index in [1.165, 1.54) is 11.3 Å². The highest BCUT2D eigenvalue weighted by molar-refractivity contribution is 7.20. The number of fused-ring (bicyclic) bond motifs is 1. The fourth-order valence-corrected chi connectivity index (χ4v) is 3.14. The highest BCUT2D eigenvalue weighted by atomic mass is 32.1. The summed E-state index contributed by atoms with van der Waals surface area (Å²) in [4.78, 5) is 22.4. The van der Waals surface area contributed by atoms with Crippen LogP contribution in [0.3, 0.4) is 0 Å². The maximum atomic E-state index is 12.3. The Morgan fingerprint density at radius 1 is 1.41 bits per heavy atom. The average molecular weight is 324 g/mol. The molecule has 2 rings (SSSR count). The Kier molecular flexibility index (Phi) is 5.28. The van der Waals surface area contributed by atoms with E-state index in [9.17, 15) is 4.79 Å². The van der Waals surface area contributed by atoms with Gasteiger partial charge in [0.05, 0.1) is 17.4 Å². The van der Waals surface area contributed by atoms with Crippen LogP contribution in [0, 0.1) is 6.92 Å². The molecule has 0 radical (unpaired) electrons. The van der Waals surface area contributed by atoms with E-state index in [-0.39, 0.29) is 18.6 Å². The van der Waals surface area contributed by atoms with Crippen LogP contribution in [0.1, 0.15) is 28.0 Å². The van der Waals surface area contributed by atoms with Gasteiger partial charge in [-0.2, -0.15) is 4.98 Å². The van der Waals surface area contributed by atoms with Gasteiger partial charge in [-0.3, -0.25) is 4.79 Å². The first-order valence-electron chi connectivity index (χ1n) is 6.85. The normalized spacial score (nSPS) is 12.4. The van der Waals surface area contributed by atoms with E-state index in [0.29, 0.717) is 28.0 Å². The molecule has 0 aliphatic carbocycles. The minimum atomic E-state index is -0.159. The van der Waals surface area contributed by atoms with E-state index in [1.54, 1.807) is 14.2 Å². The first-order valence-corrected chi connectivity index (χ1v) is 7.67. The molecule has 1 amide bonds. The van der Waals surface area contributed by atoms with E-state index in [1.807, 2.05) is 13.8 Å². The molecule has 2 aromatic heterocycles. The molecule has 3 N–H and O–H groups in total. The molecule has 0 spiro atoms. The number of methoxy groups -OCH3 is 2. The van der Waals surface area contributed by atoms with Crippen molar-refractivity contribution in [2.24, 2.45) is 5.73 Å². The fourth-order valence-electron chi connectivity index (χ4n) is 2.05. The molecular formula is C14H20N4O3S. The van der Waals surface area contributed by atoms with Crippen molar-refractivity contribution in [3.8, 4) is 5.88 Å². The molecule has 2 heterocycles. The third-order valence-electron chi connectivity index (χ3n) is 3.21. The van der Waals surface area contributed by atoms with Crippen molar-refractivity contribution in [3.63, 3.8) is 0 Å². The lowest BCUT2D eigenvalue weighted by Crippen LogP contribution is -2.37. The number of amides is 1. The van der Waals surface area contributed by atoms with E-state index >= 15 is 0 Å². The summed E-state index contributed by atoms with van der Waals surface area (Å²) in [6.07, 6.45) is 0. The number of nitrogens with two attached hydrogens (primary N) is 1. The number of thiophene rings is 1.